The van der Waals surface area contributed by atoms with Crippen molar-refractivity contribution in [3.63, 3.8) is 0 Å². The second-order valence-corrected chi connectivity index (χ2v) is 6.54. The fraction of sp³-hybridized carbons (Fsp3) is 0.529. The average Bonchev–Trinajstić information content (AvgIpc) is 2.48. The zero-order chi connectivity index (χ0) is 16.6. The smallest absolute Gasteiger partial charge is 0.311 e. The number of aliphatic carboxylic acids is 1. The number of carboxylic acids is 1. The number of carbonyl (C=O) groups excluding carboxylic acids is 1. The molecule has 4 nitrogen and oxygen atoms in total. The van der Waals surface area contributed by atoms with Crippen LogP contribution in [0.2, 0.25) is 0 Å². The molecule has 0 aliphatic carbocycles. The maximum Gasteiger partial charge on any atom is 0.311 e. The fourth-order valence-electron chi connectivity index (χ4n) is 2.26. The van der Waals surface area contributed by atoms with E-state index in [1.54, 1.807) is 0 Å². The van der Waals surface area contributed by atoms with E-state index in [1.165, 1.54) is 22.9 Å². The molecule has 0 aliphatic rings. The molecule has 0 fully saturated rings. The van der Waals surface area contributed by atoms with Gasteiger partial charge in [0, 0.05) is 12.3 Å². The normalized spacial score (nSPS) is 11.2. The number of hydrogen-bond acceptors (Lipinski definition) is 3. The van der Waals surface area contributed by atoms with Gasteiger partial charge in [-0.2, -0.15) is 0 Å². The Morgan fingerprint density at radius 2 is 1.95 bits per heavy atom. The van der Waals surface area contributed by atoms with Crippen molar-refractivity contribution in [1.29, 1.82) is 0 Å². The molecule has 0 heterocycles. The first kappa shape index (κ1) is 18.6. The Labute approximate surface area is 136 Å². The third kappa shape index (κ3) is 5.37. The Morgan fingerprint density at radius 3 is 2.50 bits per heavy atom. The maximum absolute atomic E-state index is 11.9. The highest BCUT2D eigenvalue weighted by atomic mass is 32.2. The lowest BCUT2D eigenvalue weighted by Gasteiger charge is -2.26. The van der Waals surface area contributed by atoms with Gasteiger partial charge >= 0.3 is 5.97 Å². The van der Waals surface area contributed by atoms with Crippen LogP contribution in [0, 0.1) is 12.3 Å². The molecule has 22 heavy (non-hydrogen) atoms. The molecule has 0 saturated heterocycles. The summed E-state index contributed by atoms with van der Waals surface area (Å²) in [5.74, 6) is 0.174. The summed E-state index contributed by atoms with van der Waals surface area (Å²) in [6, 6.07) is 8.20. The van der Waals surface area contributed by atoms with Crippen molar-refractivity contribution in [3.8, 4) is 0 Å². The number of aryl methyl sites for hydroxylation is 1. The predicted molar refractivity (Wildman–Crippen MR) is 91.0 cm³/mol. The number of amides is 1. The van der Waals surface area contributed by atoms with Gasteiger partial charge in [-0.05, 0) is 25.3 Å². The number of hydrogen-bond donors (Lipinski definition) is 2. The molecule has 1 aromatic rings. The molecule has 1 rings (SSSR count). The zero-order valence-electron chi connectivity index (χ0n) is 13.5. The maximum atomic E-state index is 11.9. The molecule has 0 radical (unpaired) electrons. The summed E-state index contributed by atoms with van der Waals surface area (Å²) in [6.07, 6.45) is 1.02. The molecule has 0 spiro atoms. The van der Waals surface area contributed by atoms with Gasteiger partial charge in [0.2, 0.25) is 5.91 Å². The number of benzene rings is 1. The summed E-state index contributed by atoms with van der Waals surface area (Å²) >= 11 is 1.54. The average molecular weight is 323 g/mol. The van der Waals surface area contributed by atoms with Crippen molar-refractivity contribution >= 4 is 23.6 Å². The molecule has 0 bridgehead atoms. The number of carboxylic acid groups (broad SMARTS) is 1. The molecule has 2 N–H and O–H groups in total. The van der Waals surface area contributed by atoms with E-state index in [1.807, 2.05) is 39.0 Å². The van der Waals surface area contributed by atoms with Crippen molar-refractivity contribution in [2.45, 2.75) is 39.4 Å². The molecule has 5 heteroatoms. The van der Waals surface area contributed by atoms with Crippen LogP contribution in [-0.4, -0.2) is 29.3 Å². The molecule has 0 saturated carbocycles. The lowest BCUT2D eigenvalue weighted by atomic mass is 9.82. The van der Waals surface area contributed by atoms with E-state index in [0.717, 1.165) is 5.75 Å². The summed E-state index contributed by atoms with van der Waals surface area (Å²) in [7, 11) is 0. The van der Waals surface area contributed by atoms with E-state index in [-0.39, 0.29) is 12.5 Å². The van der Waals surface area contributed by atoms with Crippen LogP contribution in [0.5, 0.6) is 0 Å². The van der Waals surface area contributed by atoms with Crippen LogP contribution in [0.3, 0.4) is 0 Å². The molecule has 0 aliphatic heterocycles. The van der Waals surface area contributed by atoms with Crippen molar-refractivity contribution in [2.24, 2.45) is 5.41 Å². The number of carbonyl (C=O) groups is 2. The van der Waals surface area contributed by atoms with Crippen LogP contribution in [-0.2, 0) is 15.3 Å². The first-order chi connectivity index (χ1) is 10.4. The zero-order valence-corrected chi connectivity index (χ0v) is 14.3. The Hall–Kier alpha value is -1.49. The van der Waals surface area contributed by atoms with E-state index in [9.17, 15) is 14.7 Å². The number of thioether (sulfide) groups is 1. The van der Waals surface area contributed by atoms with Crippen molar-refractivity contribution in [2.75, 3.05) is 12.3 Å². The Morgan fingerprint density at radius 1 is 1.27 bits per heavy atom. The molecule has 1 aromatic carbocycles. The van der Waals surface area contributed by atoms with Crippen LogP contribution in [0.4, 0.5) is 0 Å². The van der Waals surface area contributed by atoms with Gasteiger partial charge in [-0.15, -0.1) is 11.8 Å². The van der Waals surface area contributed by atoms with Gasteiger partial charge in [-0.1, -0.05) is 43.7 Å². The van der Waals surface area contributed by atoms with Gasteiger partial charge in [0.25, 0.3) is 0 Å². The van der Waals surface area contributed by atoms with Crippen molar-refractivity contribution in [1.82, 2.24) is 5.32 Å². The predicted octanol–water partition coefficient (Wildman–Crippen LogP) is 3.24. The molecular formula is C17H25NO3S. The van der Waals surface area contributed by atoms with Gasteiger partial charge in [-0.3, -0.25) is 9.59 Å². The SMILES string of the molecule is CCC(CC)(CNC(=O)CSCc1cccc(C)c1)C(=O)O. The summed E-state index contributed by atoms with van der Waals surface area (Å²) in [5.41, 5.74) is 1.55. The molecule has 0 aromatic heterocycles. The summed E-state index contributed by atoms with van der Waals surface area (Å²) < 4.78 is 0. The monoisotopic (exact) mass is 323 g/mol. The highest BCUT2D eigenvalue weighted by Crippen LogP contribution is 2.25. The standard InChI is InChI=1S/C17H25NO3S/c1-4-17(5-2,16(20)21)12-18-15(19)11-22-10-14-8-6-7-13(3)9-14/h6-9H,4-5,10-12H2,1-3H3,(H,18,19)(H,20,21). The summed E-state index contributed by atoms with van der Waals surface area (Å²) in [6.45, 7) is 5.92. The highest BCUT2D eigenvalue weighted by molar-refractivity contribution is 7.99. The minimum atomic E-state index is -0.850. The van der Waals surface area contributed by atoms with Gasteiger partial charge in [-0.25, -0.2) is 0 Å². The molecular weight excluding hydrogens is 298 g/mol. The number of nitrogens with one attached hydrogen (secondary N) is 1. The second-order valence-electron chi connectivity index (χ2n) is 5.55. The fourth-order valence-corrected chi connectivity index (χ4v) is 3.07. The largest absolute Gasteiger partial charge is 0.481 e. The van der Waals surface area contributed by atoms with E-state index >= 15 is 0 Å². The molecule has 0 unspecified atom stereocenters. The van der Waals surface area contributed by atoms with Crippen molar-refractivity contribution < 1.29 is 14.7 Å². The third-order valence-corrected chi connectivity index (χ3v) is 5.02. The Balaban J connectivity index is 2.39. The first-order valence-corrected chi connectivity index (χ1v) is 8.72. The van der Waals surface area contributed by atoms with Crippen LogP contribution in [0.25, 0.3) is 0 Å². The summed E-state index contributed by atoms with van der Waals surface area (Å²) in [4.78, 5) is 23.2. The van der Waals surface area contributed by atoms with Gasteiger partial charge < -0.3 is 10.4 Å². The van der Waals surface area contributed by atoms with Crippen molar-refractivity contribution in [3.05, 3.63) is 35.4 Å². The Bertz CT molecular complexity index is 512. The van der Waals surface area contributed by atoms with Crippen LogP contribution >= 0.6 is 11.8 Å². The van der Waals surface area contributed by atoms with Crippen LogP contribution in [0.1, 0.15) is 37.8 Å². The molecule has 0 atom stereocenters. The topological polar surface area (TPSA) is 66.4 Å². The van der Waals surface area contributed by atoms with E-state index in [4.69, 9.17) is 0 Å². The van der Waals surface area contributed by atoms with E-state index in [0.29, 0.717) is 18.6 Å². The lowest BCUT2D eigenvalue weighted by Crippen LogP contribution is -2.42. The third-order valence-electron chi connectivity index (χ3n) is 4.02. The van der Waals surface area contributed by atoms with E-state index < -0.39 is 11.4 Å². The second kappa shape index (κ2) is 8.83. The Kier molecular flexibility index (Phi) is 7.45. The quantitative estimate of drug-likeness (QED) is 0.732. The van der Waals surface area contributed by atoms with Crippen LogP contribution < -0.4 is 5.32 Å². The highest BCUT2D eigenvalue weighted by Gasteiger charge is 2.34. The first-order valence-electron chi connectivity index (χ1n) is 7.57. The molecule has 122 valence electrons. The summed E-state index contributed by atoms with van der Waals surface area (Å²) in [5, 5.41) is 12.1. The lowest BCUT2D eigenvalue weighted by molar-refractivity contribution is -0.149. The molecule has 1 amide bonds. The minimum absolute atomic E-state index is 0.106. The van der Waals surface area contributed by atoms with Crippen LogP contribution in [0.15, 0.2) is 24.3 Å². The number of rotatable bonds is 9. The van der Waals surface area contributed by atoms with Gasteiger partial charge in [0.05, 0.1) is 11.2 Å². The van der Waals surface area contributed by atoms with E-state index in [2.05, 4.69) is 11.4 Å². The van der Waals surface area contributed by atoms with Gasteiger partial charge in [0.1, 0.15) is 0 Å². The minimum Gasteiger partial charge on any atom is -0.481 e. The van der Waals surface area contributed by atoms with Gasteiger partial charge in [0.15, 0.2) is 0 Å².